The molecular weight excluding hydrogens is 334 g/mol. The summed E-state index contributed by atoms with van der Waals surface area (Å²) >= 11 is 6.03. The van der Waals surface area contributed by atoms with E-state index in [1.54, 1.807) is 12.1 Å². The largest absolute Gasteiger partial charge is 0.495 e. The van der Waals surface area contributed by atoms with Gasteiger partial charge in [0.1, 0.15) is 5.75 Å². The Morgan fingerprint density at radius 2 is 1.87 bits per heavy atom. The zero-order valence-corrected chi connectivity index (χ0v) is 14.7. The number of hydrogen-bond acceptors (Lipinski definition) is 3. The van der Waals surface area contributed by atoms with Gasteiger partial charge in [-0.3, -0.25) is 4.72 Å². The SMILES string of the molecule is COc1cc(Cl)c(C)cc1NS(=O)(=O)CCCc1ccccc1. The molecule has 0 aliphatic rings. The maximum atomic E-state index is 12.3. The van der Waals surface area contributed by atoms with E-state index in [0.717, 1.165) is 17.5 Å². The summed E-state index contributed by atoms with van der Waals surface area (Å²) in [6.45, 7) is 1.81. The zero-order chi connectivity index (χ0) is 16.9. The molecule has 0 aliphatic heterocycles. The Morgan fingerprint density at radius 1 is 1.17 bits per heavy atom. The summed E-state index contributed by atoms with van der Waals surface area (Å²) < 4.78 is 32.3. The van der Waals surface area contributed by atoms with Crippen molar-refractivity contribution in [2.24, 2.45) is 0 Å². The van der Waals surface area contributed by atoms with E-state index < -0.39 is 10.0 Å². The van der Waals surface area contributed by atoms with Gasteiger partial charge in [-0.1, -0.05) is 41.9 Å². The maximum absolute atomic E-state index is 12.3. The Labute approximate surface area is 142 Å². The van der Waals surface area contributed by atoms with E-state index in [-0.39, 0.29) is 5.75 Å². The number of methoxy groups -OCH3 is 1. The van der Waals surface area contributed by atoms with Crippen molar-refractivity contribution in [2.45, 2.75) is 19.8 Å². The molecule has 4 nitrogen and oxygen atoms in total. The highest BCUT2D eigenvalue weighted by atomic mass is 35.5. The summed E-state index contributed by atoms with van der Waals surface area (Å²) in [6.07, 6.45) is 1.27. The smallest absolute Gasteiger partial charge is 0.232 e. The molecule has 6 heteroatoms. The summed E-state index contributed by atoms with van der Waals surface area (Å²) in [5.74, 6) is 0.458. The van der Waals surface area contributed by atoms with Crippen molar-refractivity contribution < 1.29 is 13.2 Å². The van der Waals surface area contributed by atoms with E-state index in [9.17, 15) is 8.42 Å². The molecule has 0 unspecified atom stereocenters. The maximum Gasteiger partial charge on any atom is 0.232 e. The molecule has 0 amide bonds. The van der Waals surface area contributed by atoms with Crippen LogP contribution in [0, 0.1) is 6.92 Å². The van der Waals surface area contributed by atoms with Gasteiger partial charge in [-0.15, -0.1) is 0 Å². The van der Waals surface area contributed by atoms with Crippen molar-refractivity contribution in [2.75, 3.05) is 17.6 Å². The molecule has 2 rings (SSSR count). The first-order chi connectivity index (χ1) is 10.9. The van der Waals surface area contributed by atoms with Gasteiger partial charge in [0.15, 0.2) is 0 Å². The van der Waals surface area contributed by atoms with Crippen LogP contribution in [-0.4, -0.2) is 21.3 Å². The lowest BCUT2D eigenvalue weighted by atomic mass is 10.1. The summed E-state index contributed by atoms with van der Waals surface area (Å²) in [5.41, 5.74) is 2.33. The van der Waals surface area contributed by atoms with Crippen LogP contribution in [0.4, 0.5) is 5.69 Å². The first-order valence-corrected chi connectivity index (χ1v) is 9.33. The number of anilines is 1. The van der Waals surface area contributed by atoms with Gasteiger partial charge in [0, 0.05) is 11.1 Å². The minimum atomic E-state index is -3.44. The Bertz CT molecular complexity index is 761. The van der Waals surface area contributed by atoms with Gasteiger partial charge in [-0.05, 0) is 37.0 Å². The second-order valence-corrected chi connectivity index (χ2v) is 7.56. The Morgan fingerprint density at radius 3 is 2.52 bits per heavy atom. The molecule has 0 radical (unpaired) electrons. The third-order valence-corrected chi connectivity index (χ3v) is 5.23. The molecule has 2 aromatic rings. The first kappa shape index (κ1) is 17.6. The zero-order valence-electron chi connectivity index (χ0n) is 13.2. The fraction of sp³-hybridized carbons (Fsp3) is 0.294. The number of sulfonamides is 1. The van der Waals surface area contributed by atoms with E-state index in [0.29, 0.717) is 22.9 Å². The number of benzene rings is 2. The average molecular weight is 354 g/mol. The number of hydrogen-bond donors (Lipinski definition) is 1. The van der Waals surface area contributed by atoms with E-state index in [4.69, 9.17) is 16.3 Å². The van der Waals surface area contributed by atoms with Crippen LogP contribution in [0.2, 0.25) is 5.02 Å². The molecule has 1 N–H and O–H groups in total. The Hall–Kier alpha value is -1.72. The molecule has 124 valence electrons. The van der Waals surface area contributed by atoms with Crippen LogP contribution >= 0.6 is 11.6 Å². The molecule has 0 saturated carbocycles. The second kappa shape index (κ2) is 7.70. The van der Waals surface area contributed by atoms with Crippen molar-refractivity contribution in [3.8, 4) is 5.75 Å². The van der Waals surface area contributed by atoms with E-state index >= 15 is 0 Å². The fourth-order valence-corrected chi connectivity index (χ4v) is 3.52. The van der Waals surface area contributed by atoms with Crippen LogP contribution in [0.3, 0.4) is 0 Å². The highest BCUT2D eigenvalue weighted by Gasteiger charge is 2.15. The minimum Gasteiger partial charge on any atom is -0.495 e. The van der Waals surface area contributed by atoms with Crippen LogP contribution in [0.25, 0.3) is 0 Å². The molecule has 2 aromatic carbocycles. The summed E-state index contributed by atoms with van der Waals surface area (Å²) in [5, 5.41) is 0.536. The number of aryl methyl sites for hydroxylation is 2. The molecule has 0 bridgehead atoms. The average Bonchev–Trinajstić information content (AvgIpc) is 2.51. The Kier molecular flexibility index (Phi) is 5.91. The van der Waals surface area contributed by atoms with Gasteiger partial charge in [0.05, 0.1) is 18.6 Å². The molecule has 0 aromatic heterocycles. The van der Waals surface area contributed by atoms with Gasteiger partial charge >= 0.3 is 0 Å². The monoisotopic (exact) mass is 353 g/mol. The van der Waals surface area contributed by atoms with Gasteiger partial charge in [0.2, 0.25) is 10.0 Å². The van der Waals surface area contributed by atoms with E-state index in [1.807, 2.05) is 37.3 Å². The van der Waals surface area contributed by atoms with E-state index in [1.165, 1.54) is 7.11 Å². The normalized spacial score (nSPS) is 11.3. The number of rotatable bonds is 7. The molecule has 0 aliphatic carbocycles. The number of nitrogens with one attached hydrogen (secondary N) is 1. The lowest BCUT2D eigenvalue weighted by Crippen LogP contribution is -2.17. The molecule has 23 heavy (non-hydrogen) atoms. The lowest BCUT2D eigenvalue weighted by molar-refractivity contribution is 0.417. The van der Waals surface area contributed by atoms with Gasteiger partial charge in [-0.25, -0.2) is 8.42 Å². The summed E-state index contributed by atoms with van der Waals surface area (Å²) in [4.78, 5) is 0. The summed E-state index contributed by atoms with van der Waals surface area (Å²) in [6, 6.07) is 13.1. The highest BCUT2D eigenvalue weighted by Crippen LogP contribution is 2.31. The number of halogens is 1. The second-order valence-electron chi connectivity index (χ2n) is 5.31. The minimum absolute atomic E-state index is 0.0483. The molecule has 0 atom stereocenters. The first-order valence-electron chi connectivity index (χ1n) is 7.30. The van der Waals surface area contributed by atoms with Crippen LogP contribution in [0.15, 0.2) is 42.5 Å². The molecule has 0 saturated heterocycles. The van der Waals surface area contributed by atoms with Gasteiger partial charge < -0.3 is 4.74 Å². The van der Waals surface area contributed by atoms with E-state index in [2.05, 4.69) is 4.72 Å². The topological polar surface area (TPSA) is 55.4 Å². The predicted molar refractivity (Wildman–Crippen MR) is 94.9 cm³/mol. The fourth-order valence-electron chi connectivity index (χ4n) is 2.24. The van der Waals surface area contributed by atoms with Crippen LogP contribution in [-0.2, 0) is 16.4 Å². The van der Waals surface area contributed by atoms with Gasteiger partial charge in [-0.2, -0.15) is 0 Å². The van der Waals surface area contributed by atoms with Crippen molar-refractivity contribution in [3.63, 3.8) is 0 Å². The van der Waals surface area contributed by atoms with Crippen molar-refractivity contribution in [1.82, 2.24) is 0 Å². The predicted octanol–water partition coefficient (Wildman–Crippen LogP) is 4.03. The number of ether oxygens (including phenoxy) is 1. The van der Waals surface area contributed by atoms with Crippen molar-refractivity contribution >= 4 is 27.3 Å². The summed E-state index contributed by atoms with van der Waals surface area (Å²) in [7, 11) is -1.96. The molecule has 0 spiro atoms. The molecule has 0 heterocycles. The van der Waals surface area contributed by atoms with Crippen LogP contribution in [0.1, 0.15) is 17.5 Å². The lowest BCUT2D eigenvalue weighted by Gasteiger charge is -2.13. The quantitative estimate of drug-likeness (QED) is 0.817. The third kappa shape index (κ3) is 5.15. The van der Waals surface area contributed by atoms with Crippen LogP contribution in [0.5, 0.6) is 5.75 Å². The van der Waals surface area contributed by atoms with Gasteiger partial charge in [0.25, 0.3) is 0 Å². The molecular formula is C17H20ClNO3S. The highest BCUT2D eigenvalue weighted by molar-refractivity contribution is 7.92. The van der Waals surface area contributed by atoms with Crippen molar-refractivity contribution in [1.29, 1.82) is 0 Å². The Balaban J connectivity index is 2.02. The third-order valence-electron chi connectivity index (χ3n) is 3.47. The molecule has 0 fully saturated rings. The van der Waals surface area contributed by atoms with Crippen LogP contribution < -0.4 is 9.46 Å². The van der Waals surface area contributed by atoms with Crippen molar-refractivity contribution in [3.05, 3.63) is 58.6 Å². The standard InChI is InChI=1S/C17H20ClNO3S/c1-13-11-16(17(22-2)12-15(13)18)19-23(20,21)10-6-9-14-7-4-3-5-8-14/h3-5,7-8,11-12,19H,6,9-10H2,1-2H3.